The van der Waals surface area contributed by atoms with Gasteiger partial charge in [0.15, 0.2) is 0 Å². The topological polar surface area (TPSA) is 69.2 Å². The zero-order valence-corrected chi connectivity index (χ0v) is 10.7. The van der Waals surface area contributed by atoms with Gasteiger partial charge in [-0.2, -0.15) is 0 Å². The van der Waals surface area contributed by atoms with E-state index in [1.54, 1.807) is 22.4 Å². The number of β-amino-alcohol motifs (C(OH)–C–C–N with tert-alkyl or cyclic N) is 1. The van der Waals surface area contributed by atoms with Gasteiger partial charge in [0, 0.05) is 30.2 Å². The van der Waals surface area contributed by atoms with Crippen LogP contribution >= 0.6 is 11.3 Å². The molecule has 2 aromatic heterocycles. The lowest BCUT2D eigenvalue weighted by atomic mass is 10.1. The van der Waals surface area contributed by atoms with Crippen LogP contribution in [0.1, 0.15) is 15.5 Å². The van der Waals surface area contributed by atoms with Crippen molar-refractivity contribution in [1.29, 1.82) is 0 Å². The maximum atomic E-state index is 12.0. The number of aliphatic hydroxyl groups excluding tert-OH is 1. The van der Waals surface area contributed by atoms with Crippen molar-refractivity contribution in [1.82, 2.24) is 14.9 Å². The number of hydrogen-bond acceptors (Lipinski definition) is 4. The molecule has 3 heterocycles. The van der Waals surface area contributed by atoms with Crippen molar-refractivity contribution < 1.29 is 9.90 Å². The highest BCUT2D eigenvalue weighted by Crippen LogP contribution is 2.23. The fraction of sp³-hybridized carbons (Fsp3) is 0.333. The Labute approximate surface area is 108 Å². The summed E-state index contributed by atoms with van der Waals surface area (Å²) < 4.78 is 0. The molecule has 1 amide bonds. The van der Waals surface area contributed by atoms with Crippen LogP contribution < -0.4 is 0 Å². The summed E-state index contributed by atoms with van der Waals surface area (Å²) in [5.41, 5.74) is 2.35. The second-order valence-corrected chi connectivity index (χ2v) is 5.48. The van der Waals surface area contributed by atoms with Crippen LogP contribution in [0.4, 0.5) is 0 Å². The number of aryl methyl sites for hydroxylation is 1. The maximum Gasteiger partial charge on any atom is 0.270 e. The molecule has 5 nitrogen and oxygen atoms in total. The summed E-state index contributed by atoms with van der Waals surface area (Å²) in [6.45, 7) is 2.79. The molecule has 6 heteroatoms. The molecule has 1 aliphatic heterocycles. The zero-order chi connectivity index (χ0) is 12.7. The molecule has 0 spiro atoms. The SMILES string of the molecule is Cc1nc(-c2c[nH]c(C(=O)N3CC(O)C3)c2)cs1. The predicted octanol–water partition coefficient (Wildman–Crippen LogP) is 1.26. The number of likely N-dealkylation sites (tertiary alicyclic amines) is 1. The second kappa shape index (κ2) is 4.22. The summed E-state index contributed by atoms with van der Waals surface area (Å²) in [4.78, 5) is 21.0. The zero-order valence-electron chi connectivity index (χ0n) is 9.88. The molecule has 0 atom stereocenters. The molecule has 0 saturated carbocycles. The molecule has 3 rings (SSSR count). The minimum Gasteiger partial charge on any atom is -0.389 e. The van der Waals surface area contributed by atoms with E-state index < -0.39 is 0 Å². The third-order valence-corrected chi connectivity index (χ3v) is 3.75. The van der Waals surface area contributed by atoms with E-state index in [4.69, 9.17) is 0 Å². The number of nitrogens with one attached hydrogen (secondary N) is 1. The first-order valence-corrected chi connectivity index (χ1v) is 6.59. The van der Waals surface area contributed by atoms with Crippen LogP contribution in [0.5, 0.6) is 0 Å². The van der Waals surface area contributed by atoms with E-state index in [0.717, 1.165) is 16.3 Å². The smallest absolute Gasteiger partial charge is 0.270 e. The largest absolute Gasteiger partial charge is 0.389 e. The van der Waals surface area contributed by atoms with Crippen molar-refractivity contribution in [3.8, 4) is 11.3 Å². The number of H-pyrrole nitrogens is 1. The first-order valence-electron chi connectivity index (χ1n) is 5.72. The lowest BCUT2D eigenvalue weighted by Crippen LogP contribution is -2.53. The minimum absolute atomic E-state index is 0.0708. The number of aromatic nitrogens is 2. The van der Waals surface area contributed by atoms with Crippen LogP contribution in [0.2, 0.25) is 0 Å². The first kappa shape index (κ1) is 11.4. The van der Waals surface area contributed by atoms with Crippen LogP contribution in [0.3, 0.4) is 0 Å². The molecule has 0 aromatic carbocycles. The molecule has 2 aromatic rings. The number of rotatable bonds is 2. The van der Waals surface area contributed by atoms with Crippen molar-refractivity contribution in [2.75, 3.05) is 13.1 Å². The summed E-state index contributed by atoms with van der Waals surface area (Å²) in [5, 5.41) is 12.2. The van der Waals surface area contributed by atoms with E-state index in [1.165, 1.54) is 0 Å². The summed E-state index contributed by atoms with van der Waals surface area (Å²) >= 11 is 1.59. The van der Waals surface area contributed by atoms with Crippen molar-refractivity contribution in [3.05, 3.63) is 28.3 Å². The number of aromatic amines is 1. The lowest BCUT2D eigenvalue weighted by Gasteiger charge is -2.35. The van der Waals surface area contributed by atoms with E-state index in [9.17, 15) is 9.90 Å². The molecule has 1 saturated heterocycles. The molecule has 0 bridgehead atoms. The quantitative estimate of drug-likeness (QED) is 0.857. The number of thiazole rings is 1. The van der Waals surface area contributed by atoms with Crippen molar-refractivity contribution in [2.24, 2.45) is 0 Å². The Hall–Kier alpha value is -1.66. The Kier molecular flexibility index (Phi) is 2.68. The van der Waals surface area contributed by atoms with Gasteiger partial charge in [-0.05, 0) is 13.0 Å². The highest BCUT2D eigenvalue weighted by atomic mass is 32.1. The monoisotopic (exact) mass is 263 g/mol. The average molecular weight is 263 g/mol. The number of hydrogen-bond donors (Lipinski definition) is 2. The van der Waals surface area contributed by atoms with Crippen LogP contribution in [-0.2, 0) is 0 Å². The van der Waals surface area contributed by atoms with E-state index in [0.29, 0.717) is 18.8 Å². The molecule has 2 N–H and O–H groups in total. The molecule has 94 valence electrons. The highest BCUT2D eigenvalue weighted by Gasteiger charge is 2.30. The molecule has 1 fully saturated rings. The molecular formula is C12H13N3O2S. The lowest BCUT2D eigenvalue weighted by molar-refractivity contribution is 0.00555. The standard InChI is InChI=1S/C12H13N3O2S/c1-7-14-11(6-18-7)8-2-10(13-3-8)12(17)15-4-9(16)5-15/h2-3,6,9,13,16H,4-5H2,1H3. The number of carbonyl (C=O) groups excluding carboxylic acids is 1. The van der Waals surface area contributed by atoms with E-state index in [2.05, 4.69) is 9.97 Å². The average Bonchev–Trinajstić information content (AvgIpc) is 2.92. The number of carbonyl (C=O) groups is 1. The third kappa shape index (κ3) is 1.93. The van der Waals surface area contributed by atoms with E-state index in [1.807, 2.05) is 18.4 Å². The van der Waals surface area contributed by atoms with Crippen LogP contribution in [0.25, 0.3) is 11.3 Å². The van der Waals surface area contributed by atoms with Crippen LogP contribution in [-0.4, -0.2) is 45.1 Å². The van der Waals surface area contributed by atoms with Gasteiger partial charge in [0.1, 0.15) is 5.69 Å². The van der Waals surface area contributed by atoms with E-state index >= 15 is 0 Å². The van der Waals surface area contributed by atoms with Gasteiger partial charge in [-0.3, -0.25) is 4.79 Å². The minimum atomic E-state index is -0.371. The molecule has 0 aliphatic carbocycles. The summed E-state index contributed by atoms with van der Waals surface area (Å²) in [7, 11) is 0. The van der Waals surface area contributed by atoms with Gasteiger partial charge in [0.25, 0.3) is 5.91 Å². The van der Waals surface area contributed by atoms with Gasteiger partial charge >= 0.3 is 0 Å². The van der Waals surface area contributed by atoms with Gasteiger partial charge < -0.3 is 15.0 Å². The predicted molar refractivity (Wildman–Crippen MR) is 68.5 cm³/mol. The first-order chi connectivity index (χ1) is 8.63. The number of aliphatic hydroxyl groups is 1. The summed E-state index contributed by atoms with van der Waals surface area (Å²) in [6, 6.07) is 1.81. The van der Waals surface area contributed by atoms with Gasteiger partial charge in [-0.15, -0.1) is 11.3 Å². The van der Waals surface area contributed by atoms with Gasteiger partial charge in [0.2, 0.25) is 0 Å². The van der Waals surface area contributed by atoms with Crippen molar-refractivity contribution in [3.63, 3.8) is 0 Å². The Bertz CT molecular complexity index is 584. The Morgan fingerprint density at radius 1 is 1.61 bits per heavy atom. The number of amides is 1. The van der Waals surface area contributed by atoms with Gasteiger partial charge in [-0.25, -0.2) is 4.98 Å². The Balaban J connectivity index is 1.79. The summed E-state index contributed by atoms with van der Waals surface area (Å²) in [5.74, 6) is -0.0708. The highest BCUT2D eigenvalue weighted by molar-refractivity contribution is 7.09. The number of nitrogens with zero attached hydrogens (tertiary/aromatic N) is 2. The molecular weight excluding hydrogens is 250 g/mol. The van der Waals surface area contributed by atoms with Crippen molar-refractivity contribution >= 4 is 17.2 Å². The molecule has 18 heavy (non-hydrogen) atoms. The van der Waals surface area contributed by atoms with Gasteiger partial charge in [-0.1, -0.05) is 0 Å². The fourth-order valence-electron chi connectivity index (χ4n) is 1.95. The Morgan fingerprint density at radius 2 is 2.39 bits per heavy atom. The van der Waals surface area contributed by atoms with E-state index in [-0.39, 0.29) is 12.0 Å². The maximum absolute atomic E-state index is 12.0. The Morgan fingerprint density at radius 3 is 3.00 bits per heavy atom. The van der Waals surface area contributed by atoms with Crippen molar-refractivity contribution in [2.45, 2.75) is 13.0 Å². The van der Waals surface area contributed by atoms with Crippen LogP contribution in [0.15, 0.2) is 17.6 Å². The molecule has 0 radical (unpaired) electrons. The summed E-state index contributed by atoms with van der Waals surface area (Å²) in [6.07, 6.45) is 1.42. The third-order valence-electron chi connectivity index (χ3n) is 2.98. The second-order valence-electron chi connectivity index (χ2n) is 4.42. The van der Waals surface area contributed by atoms with Crippen LogP contribution in [0, 0.1) is 6.92 Å². The fourth-order valence-corrected chi connectivity index (χ4v) is 2.58. The van der Waals surface area contributed by atoms with Gasteiger partial charge in [0.05, 0.1) is 16.8 Å². The molecule has 0 unspecified atom stereocenters. The normalized spacial score (nSPS) is 15.8. The molecule has 1 aliphatic rings.